The predicted molar refractivity (Wildman–Crippen MR) is 93.1 cm³/mol. The summed E-state index contributed by atoms with van der Waals surface area (Å²) in [5.41, 5.74) is 3.27. The summed E-state index contributed by atoms with van der Waals surface area (Å²) >= 11 is 16.7. The minimum absolute atomic E-state index is 0.721. The molecule has 0 fully saturated rings. The Balaban J connectivity index is 2.16. The highest BCUT2D eigenvalue weighted by atomic mass is 79.9. The molecule has 0 aliphatic heterocycles. The van der Waals surface area contributed by atoms with E-state index in [9.17, 15) is 0 Å². The molecule has 0 bridgehead atoms. The number of halogens is 4. The monoisotopic (exact) mass is 465 g/mol. The summed E-state index contributed by atoms with van der Waals surface area (Å²) in [5.74, 6) is 0. The highest BCUT2D eigenvalue weighted by molar-refractivity contribution is 9.11. The first kappa shape index (κ1) is 15.4. The molecule has 19 heavy (non-hydrogen) atoms. The van der Waals surface area contributed by atoms with E-state index in [0.717, 1.165) is 41.8 Å². The average molecular weight is 468 g/mol. The van der Waals surface area contributed by atoms with E-state index in [0.29, 0.717) is 0 Å². The summed E-state index contributed by atoms with van der Waals surface area (Å²) in [6.07, 6.45) is 0. The fraction of sp³-hybridized carbons (Fsp3) is 0.143. The van der Waals surface area contributed by atoms with Crippen LogP contribution in [0.5, 0.6) is 0 Å². The summed E-state index contributed by atoms with van der Waals surface area (Å²) < 4.78 is 3.04. The van der Waals surface area contributed by atoms with Gasteiger partial charge in [0.15, 0.2) is 0 Å². The van der Waals surface area contributed by atoms with E-state index < -0.39 is 0 Å². The van der Waals surface area contributed by atoms with E-state index in [4.69, 9.17) is 11.6 Å². The highest BCUT2D eigenvalue weighted by Gasteiger charge is 2.07. The van der Waals surface area contributed by atoms with Crippen molar-refractivity contribution in [2.24, 2.45) is 0 Å². The molecular formula is C14H11Br3ClN. The Morgan fingerprint density at radius 3 is 2.26 bits per heavy atom. The van der Waals surface area contributed by atoms with Crippen LogP contribution < -0.4 is 5.32 Å². The minimum Gasteiger partial charge on any atom is -0.379 e. The second kappa shape index (κ2) is 6.61. The normalized spacial score (nSPS) is 10.6. The van der Waals surface area contributed by atoms with E-state index in [1.54, 1.807) is 0 Å². The topological polar surface area (TPSA) is 12.0 Å². The van der Waals surface area contributed by atoms with Gasteiger partial charge in [0, 0.05) is 25.0 Å². The zero-order chi connectivity index (χ0) is 14.0. The van der Waals surface area contributed by atoms with Crippen LogP contribution in [0.2, 0.25) is 5.02 Å². The molecule has 0 heterocycles. The molecule has 0 unspecified atom stereocenters. The maximum Gasteiger partial charge on any atom is 0.0632 e. The van der Waals surface area contributed by atoms with E-state index in [-0.39, 0.29) is 0 Å². The standard InChI is InChI=1S/C14H11Br3ClN/c1-8-2-3-9(4-13(8)18)7-19-14-11(16)5-10(15)6-12(14)17/h2-6,19H,7H2,1H3. The fourth-order valence-corrected chi connectivity index (χ4v) is 4.39. The van der Waals surface area contributed by atoms with Crippen LogP contribution in [0.3, 0.4) is 0 Å². The zero-order valence-corrected chi connectivity index (χ0v) is 15.6. The molecular weight excluding hydrogens is 457 g/mol. The molecule has 0 amide bonds. The van der Waals surface area contributed by atoms with E-state index in [2.05, 4.69) is 59.2 Å². The van der Waals surface area contributed by atoms with Crippen LogP contribution in [0.15, 0.2) is 43.7 Å². The summed E-state index contributed by atoms with van der Waals surface area (Å²) in [5, 5.41) is 4.20. The zero-order valence-electron chi connectivity index (χ0n) is 10.1. The molecule has 1 nitrogen and oxygen atoms in total. The predicted octanol–water partition coefficient (Wildman–Crippen LogP) is 6.55. The van der Waals surface area contributed by atoms with Crippen molar-refractivity contribution in [2.45, 2.75) is 13.5 Å². The van der Waals surface area contributed by atoms with Crippen LogP contribution in [0.1, 0.15) is 11.1 Å². The van der Waals surface area contributed by atoms with Gasteiger partial charge in [-0.2, -0.15) is 0 Å². The van der Waals surface area contributed by atoms with E-state index in [1.165, 1.54) is 0 Å². The van der Waals surface area contributed by atoms with Crippen molar-refractivity contribution in [3.63, 3.8) is 0 Å². The first-order valence-corrected chi connectivity index (χ1v) is 8.36. The molecule has 2 aromatic carbocycles. The van der Waals surface area contributed by atoms with Gasteiger partial charge in [-0.25, -0.2) is 0 Å². The number of nitrogens with one attached hydrogen (secondary N) is 1. The lowest BCUT2D eigenvalue weighted by Crippen LogP contribution is -2.01. The number of anilines is 1. The smallest absolute Gasteiger partial charge is 0.0632 e. The average Bonchev–Trinajstić information content (AvgIpc) is 2.32. The Morgan fingerprint density at radius 1 is 1.05 bits per heavy atom. The van der Waals surface area contributed by atoms with Gasteiger partial charge in [0.05, 0.1) is 5.69 Å². The number of hydrogen-bond donors (Lipinski definition) is 1. The van der Waals surface area contributed by atoms with Crippen molar-refractivity contribution in [3.8, 4) is 0 Å². The van der Waals surface area contributed by atoms with Crippen molar-refractivity contribution < 1.29 is 0 Å². The highest BCUT2D eigenvalue weighted by Crippen LogP contribution is 2.34. The van der Waals surface area contributed by atoms with Gasteiger partial charge < -0.3 is 5.32 Å². The Bertz CT molecular complexity index is 591. The largest absolute Gasteiger partial charge is 0.379 e. The molecule has 0 aliphatic rings. The maximum atomic E-state index is 6.13. The van der Waals surface area contributed by atoms with Gasteiger partial charge in [-0.15, -0.1) is 0 Å². The third-order valence-electron chi connectivity index (χ3n) is 2.71. The second-order valence-corrected chi connectivity index (χ2v) is 7.21. The molecule has 100 valence electrons. The Hall–Kier alpha value is -0.0300. The van der Waals surface area contributed by atoms with Gasteiger partial charge in [0.25, 0.3) is 0 Å². The number of rotatable bonds is 3. The van der Waals surface area contributed by atoms with Crippen molar-refractivity contribution in [1.82, 2.24) is 0 Å². The molecule has 2 aromatic rings. The minimum atomic E-state index is 0.721. The van der Waals surface area contributed by atoms with Crippen LogP contribution in [-0.2, 0) is 6.54 Å². The lowest BCUT2D eigenvalue weighted by Gasteiger charge is -2.12. The van der Waals surface area contributed by atoms with E-state index in [1.807, 2.05) is 31.2 Å². The van der Waals surface area contributed by atoms with Gasteiger partial charge in [0.1, 0.15) is 0 Å². The van der Waals surface area contributed by atoms with E-state index >= 15 is 0 Å². The SMILES string of the molecule is Cc1ccc(CNc2c(Br)cc(Br)cc2Br)cc1Cl. The van der Waals surface area contributed by atoms with Crippen LogP contribution in [-0.4, -0.2) is 0 Å². The quantitative estimate of drug-likeness (QED) is 0.539. The molecule has 0 atom stereocenters. The molecule has 0 aliphatic carbocycles. The molecule has 1 N–H and O–H groups in total. The van der Waals surface area contributed by atoms with Crippen LogP contribution in [0.25, 0.3) is 0 Å². The van der Waals surface area contributed by atoms with Crippen molar-refractivity contribution >= 4 is 65.1 Å². The lowest BCUT2D eigenvalue weighted by atomic mass is 10.1. The van der Waals surface area contributed by atoms with Gasteiger partial charge >= 0.3 is 0 Å². The van der Waals surface area contributed by atoms with Crippen molar-refractivity contribution in [2.75, 3.05) is 5.32 Å². The van der Waals surface area contributed by atoms with Gasteiger partial charge in [-0.05, 0) is 68.1 Å². The number of hydrogen-bond acceptors (Lipinski definition) is 1. The molecule has 0 saturated carbocycles. The molecule has 0 saturated heterocycles. The third kappa shape index (κ3) is 3.97. The molecule has 2 rings (SSSR count). The maximum absolute atomic E-state index is 6.13. The van der Waals surface area contributed by atoms with Gasteiger partial charge in [0.2, 0.25) is 0 Å². The molecule has 0 aromatic heterocycles. The summed E-state index contributed by atoms with van der Waals surface area (Å²) in [6, 6.07) is 10.1. The molecule has 0 spiro atoms. The van der Waals surface area contributed by atoms with Crippen LogP contribution >= 0.6 is 59.4 Å². The number of benzene rings is 2. The van der Waals surface area contributed by atoms with Gasteiger partial charge in [-0.1, -0.05) is 39.7 Å². The number of aryl methyl sites for hydroxylation is 1. The van der Waals surface area contributed by atoms with Crippen molar-refractivity contribution in [1.29, 1.82) is 0 Å². The van der Waals surface area contributed by atoms with Gasteiger partial charge in [-0.3, -0.25) is 0 Å². The fourth-order valence-electron chi connectivity index (χ4n) is 1.65. The van der Waals surface area contributed by atoms with Crippen LogP contribution in [0, 0.1) is 6.92 Å². The van der Waals surface area contributed by atoms with Crippen LogP contribution in [0.4, 0.5) is 5.69 Å². The molecule has 0 radical (unpaired) electrons. The lowest BCUT2D eigenvalue weighted by molar-refractivity contribution is 1.14. The Labute approximate surface area is 143 Å². The Morgan fingerprint density at radius 2 is 1.68 bits per heavy atom. The first-order valence-electron chi connectivity index (χ1n) is 5.61. The first-order chi connectivity index (χ1) is 8.97. The third-order valence-corrected chi connectivity index (χ3v) is 4.83. The Kier molecular flexibility index (Phi) is 5.35. The summed E-state index contributed by atoms with van der Waals surface area (Å²) in [6.45, 7) is 2.72. The summed E-state index contributed by atoms with van der Waals surface area (Å²) in [7, 11) is 0. The summed E-state index contributed by atoms with van der Waals surface area (Å²) in [4.78, 5) is 0. The second-order valence-electron chi connectivity index (χ2n) is 4.18. The van der Waals surface area contributed by atoms with Crippen molar-refractivity contribution in [3.05, 3.63) is 59.9 Å². The molecule has 5 heteroatoms.